The molecule has 0 aliphatic carbocycles. The van der Waals surface area contributed by atoms with Gasteiger partial charge >= 0.3 is 0 Å². The van der Waals surface area contributed by atoms with Crippen LogP contribution < -0.4 is 0 Å². The molecule has 0 bridgehead atoms. The Kier molecular flexibility index (Phi) is 9.01. The van der Waals surface area contributed by atoms with Crippen LogP contribution in [0.4, 0.5) is 0 Å². The van der Waals surface area contributed by atoms with E-state index in [0.29, 0.717) is 5.73 Å². The lowest BCUT2D eigenvalue weighted by molar-refractivity contribution is 0.114. The minimum Gasteiger partial charge on any atom is -0.415 e. The molecule has 23 heavy (non-hydrogen) atoms. The van der Waals surface area contributed by atoms with Gasteiger partial charge in [0.2, 0.25) is 8.32 Å². The molecule has 2 atom stereocenters. The Bertz CT molecular complexity index is 351. The minimum absolute atomic E-state index is 0.0602. The maximum absolute atomic E-state index is 7.01. The van der Waals surface area contributed by atoms with Crippen molar-refractivity contribution in [2.45, 2.75) is 116 Å². The van der Waals surface area contributed by atoms with Gasteiger partial charge in [0.05, 0.1) is 13.8 Å². The van der Waals surface area contributed by atoms with Gasteiger partial charge in [0.25, 0.3) is 0 Å². The highest BCUT2D eigenvalue weighted by atomic mass is 28.4. The quantitative estimate of drug-likeness (QED) is 0.378. The molecule has 0 aliphatic rings. The smallest absolute Gasteiger partial charge is 0.213 e. The highest BCUT2D eigenvalue weighted by Crippen LogP contribution is 2.35. The maximum Gasteiger partial charge on any atom is 0.213 e. The summed E-state index contributed by atoms with van der Waals surface area (Å²) in [6, 6.07) is 1.24. The summed E-state index contributed by atoms with van der Waals surface area (Å²) in [6.07, 6.45) is 4.67. The fourth-order valence-corrected chi connectivity index (χ4v) is 13.2. The first-order valence-corrected chi connectivity index (χ1v) is 19.2. The molecule has 0 fully saturated rings. The van der Waals surface area contributed by atoms with Gasteiger partial charge < -0.3 is 8.85 Å². The number of rotatable bonds is 11. The zero-order valence-corrected chi connectivity index (χ0v) is 20.9. The zero-order valence-electron chi connectivity index (χ0n) is 17.9. The molecule has 5 heteroatoms. The Morgan fingerprint density at radius 3 is 1.74 bits per heavy atom. The fourth-order valence-electron chi connectivity index (χ4n) is 3.47. The second kappa shape index (κ2) is 8.79. The number of hydrogen-bond donors (Lipinski definition) is 0. The lowest BCUT2D eigenvalue weighted by Gasteiger charge is -2.48. The van der Waals surface area contributed by atoms with E-state index in [2.05, 4.69) is 73.5 Å². The molecule has 0 saturated heterocycles. The lowest BCUT2D eigenvalue weighted by atomic mass is 10.2. The molecule has 0 amide bonds. The van der Waals surface area contributed by atoms with Gasteiger partial charge in [0.1, 0.15) is 0 Å². The predicted octanol–water partition coefficient (Wildman–Crippen LogP) is 6.59. The van der Waals surface area contributed by atoms with Gasteiger partial charge in [-0.2, -0.15) is 0 Å². The molecule has 2 unspecified atom stereocenters. The average molecular weight is 377 g/mol. The van der Waals surface area contributed by atoms with Gasteiger partial charge in [-0.15, -0.1) is 0 Å². The molecule has 0 saturated carbocycles. The van der Waals surface area contributed by atoms with E-state index in [4.69, 9.17) is 8.85 Å². The summed E-state index contributed by atoms with van der Waals surface area (Å²) in [7, 11) is -4.88. The van der Waals surface area contributed by atoms with E-state index < -0.39 is 24.7 Å². The first-order chi connectivity index (χ1) is 10.2. The standard InChI is InChI=1S/C18H44O2Si3/c1-12-15-18(4,21(5,6)7)20-23(10,11)17(14-3)19-22(8,9)16-13-2/h17H,12-16H2,1-11H3. The Labute approximate surface area is 150 Å². The van der Waals surface area contributed by atoms with Crippen molar-refractivity contribution >= 4 is 24.7 Å². The van der Waals surface area contributed by atoms with Gasteiger partial charge in [0.15, 0.2) is 8.32 Å². The molecule has 0 heterocycles. The van der Waals surface area contributed by atoms with Crippen LogP contribution in [0.15, 0.2) is 0 Å². The average Bonchev–Trinajstić information content (AvgIpc) is 2.34. The Morgan fingerprint density at radius 2 is 1.39 bits per heavy atom. The fraction of sp³-hybridized carbons (Fsp3) is 1.00. The SMILES string of the molecule is CCCC(C)(O[Si](C)(C)C(CC)O[Si](C)(C)CCC)[Si](C)(C)C. The summed E-state index contributed by atoms with van der Waals surface area (Å²) in [6.45, 7) is 26.0. The summed E-state index contributed by atoms with van der Waals surface area (Å²) in [5.41, 5.74) is 0.322. The summed E-state index contributed by atoms with van der Waals surface area (Å²) in [5.74, 6) is 0. The molecule has 2 nitrogen and oxygen atoms in total. The first-order valence-electron chi connectivity index (χ1n) is 9.62. The van der Waals surface area contributed by atoms with Crippen LogP contribution in [0.2, 0.25) is 51.9 Å². The molecule has 0 rings (SSSR count). The normalized spacial score (nSPS) is 17.9. The van der Waals surface area contributed by atoms with Crippen molar-refractivity contribution in [2.75, 3.05) is 0 Å². The van der Waals surface area contributed by atoms with Crippen LogP contribution in [0, 0.1) is 0 Å². The predicted molar refractivity (Wildman–Crippen MR) is 113 cm³/mol. The van der Waals surface area contributed by atoms with Crippen LogP contribution in [-0.2, 0) is 8.85 Å². The van der Waals surface area contributed by atoms with E-state index in [9.17, 15) is 0 Å². The van der Waals surface area contributed by atoms with Crippen molar-refractivity contribution < 1.29 is 8.85 Å². The summed E-state index contributed by atoms with van der Waals surface area (Å²) in [4.78, 5) is 0. The third-order valence-electron chi connectivity index (χ3n) is 5.26. The summed E-state index contributed by atoms with van der Waals surface area (Å²) >= 11 is 0. The molecule has 0 aromatic carbocycles. The number of hydrogen-bond acceptors (Lipinski definition) is 2. The van der Waals surface area contributed by atoms with Crippen LogP contribution in [0.5, 0.6) is 0 Å². The third kappa shape index (κ3) is 7.14. The van der Waals surface area contributed by atoms with Crippen LogP contribution in [0.3, 0.4) is 0 Å². The molecule has 0 aromatic rings. The van der Waals surface area contributed by atoms with Crippen molar-refractivity contribution in [1.29, 1.82) is 0 Å². The lowest BCUT2D eigenvalue weighted by Crippen LogP contribution is -2.61. The first kappa shape index (κ1) is 23.6. The van der Waals surface area contributed by atoms with Crippen molar-refractivity contribution in [3.63, 3.8) is 0 Å². The van der Waals surface area contributed by atoms with Crippen molar-refractivity contribution in [1.82, 2.24) is 0 Å². The van der Waals surface area contributed by atoms with Crippen molar-refractivity contribution in [3.05, 3.63) is 0 Å². The van der Waals surface area contributed by atoms with Gasteiger partial charge in [0, 0.05) is 5.22 Å². The summed E-state index contributed by atoms with van der Waals surface area (Å²) in [5, 5.41) is 0.0602. The molecule has 0 aliphatic heterocycles. The molecule has 0 radical (unpaired) electrons. The highest BCUT2D eigenvalue weighted by molar-refractivity contribution is 6.81. The van der Waals surface area contributed by atoms with Crippen LogP contribution in [0.25, 0.3) is 0 Å². The van der Waals surface area contributed by atoms with E-state index >= 15 is 0 Å². The van der Waals surface area contributed by atoms with Crippen LogP contribution >= 0.6 is 0 Å². The summed E-state index contributed by atoms with van der Waals surface area (Å²) < 4.78 is 13.7. The Morgan fingerprint density at radius 1 is 0.870 bits per heavy atom. The highest BCUT2D eigenvalue weighted by Gasteiger charge is 2.47. The van der Waals surface area contributed by atoms with Crippen LogP contribution in [0.1, 0.15) is 53.4 Å². The molecular formula is C18H44O2Si3. The molecule has 140 valence electrons. The third-order valence-corrected chi connectivity index (χ3v) is 14.9. The molecule has 0 N–H and O–H groups in total. The van der Waals surface area contributed by atoms with Gasteiger partial charge in [-0.05, 0) is 52.0 Å². The molecule has 0 aromatic heterocycles. The van der Waals surface area contributed by atoms with E-state index in [1.54, 1.807) is 0 Å². The topological polar surface area (TPSA) is 18.5 Å². The van der Waals surface area contributed by atoms with Crippen LogP contribution in [-0.4, -0.2) is 35.7 Å². The van der Waals surface area contributed by atoms with Gasteiger partial charge in [-0.25, -0.2) is 0 Å². The minimum atomic E-state index is -1.91. The van der Waals surface area contributed by atoms with E-state index in [0.717, 1.165) is 6.42 Å². The molecule has 0 spiro atoms. The second-order valence-corrected chi connectivity index (χ2v) is 23.3. The Hall–Kier alpha value is 0.571. The van der Waals surface area contributed by atoms with E-state index in [1.807, 2.05) is 0 Å². The molecular weight excluding hydrogens is 332 g/mol. The second-order valence-electron chi connectivity index (χ2n) is 9.46. The van der Waals surface area contributed by atoms with Gasteiger partial charge in [-0.1, -0.05) is 53.3 Å². The Balaban J connectivity index is 5.32. The van der Waals surface area contributed by atoms with Crippen molar-refractivity contribution in [2.24, 2.45) is 0 Å². The van der Waals surface area contributed by atoms with E-state index in [-0.39, 0.29) is 5.22 Å². The maximum atomic E-state index is 7.01. The van der Waals surface area contributed by atoms with Gasteiger partial charge in [-0.3, -0.25) is 0 Å². The largest absolute Gasteiger partial charge is 0.415 e. The zero-order chi connectivity index (χ0) is 18.5. The van der Waals surface area contributed by atoms with Crippen molar-refractivity contribution in [3.8, 4) is 0 Å². The monoisotopic (exact) mass is 376 g/mol. The van der Waals surface area contributed by atoms with E-state index in [1.165, 1.54) is 25.3 Å².